The van der Waals surface area contributed by atoms with Gasteiger partial charge in [-0.25, -0.2) is 0 Å². The molecular weight excluding hydrogens is 230 g/mol. The normalized spacial score (nSPS) is 28.7. The van der Waals surface area contributed by atoms with E-state index in [0.717, 1.165) is 12.3 Å². The number of carbonyl (C=O) groups is 2. The fourth-order valence-electron chi connectivity index (χ4n) is 2.64. The average molecular weight is 251 g/mol. The summed E-state index contributed by atoms with van der Waals surface area (Å²) >= 11 is 0. The van der Waals surface area contributed by atoms with Crippen molar-refractivity contribution in [2.24, 2.45) is 17.8 Å². The zero-order valence-corrected chi connectivity index (χ0v) is 10.8. The van der Waals surface area contributed by atoms with E-state index in [2.05, 4.69) is 5.32 Å². The number of carboxylic acid groups (broad SMARTS) is 1. The number of rotatable bonds is 5. The number of allylic oxidation sites excluding steroid dienone is 2. The number of carbonyl (C=O) groups excluding carboxylic acids is 1. The highest BCUT2D eigenvalue weighted by Gasteiger charge is 2.34. The van der Waals surface area contributed by atoms with E-state index in [1.54, 1.807) is 0 Å². The van der Waals surface area contributed by atoms with E-state index in [0.29, 0.717) is 12.8 Å². The lowest BCUT2D eigenvalue weighted by atomic mass is 9.82. The van der Waals surface area contributed by atoms with Crippen LogP contribution in [0.15, 0.2) is 12.2 Å². The summed E-state index contributed by atoms with van der Waals surface area (Å²) in [6.07, 6.45) is 8.33. The third kappa shape index (κ3) is 3.34. The minimum atomic E-state index is -0.866. The van der Waals surface area contributed by atoms with Gasteiger partial charge in [-0.3, -0.25) is 9.59 Å². The molecule has 4 heteroatoms. The Morgan fingerprint density at radius 1 is 1.28 bits per heavy atom. The molecule has 2 rings (SSSR count). The highest BCUT2D eigenvalue weighted by molar-refractivity contribution is 5.85. The van der Waals surface area contributed by atoms with Crippen LogP contribution in [0.4, 0.5) is 0 Å². The Kier molecular flexibility index (Phi) is 4.04. The van der Waals surface area contributed by atoms with E-state index >= 15 is 0 Å². The predicted octanol–water partition coefficient (Wildman–Crippen LogP) is 1.96. The van der Waals surface area contributed by atoms with Gasteiger partial charge in [0.05, 0.1) is 11.8 Å². The number of amides is 1. The molecule has 3 atom stereocenters. The predicted molar refractivity (Wildman–Crippen MR) is 67.9 cm³/mol. The molecule has 18 heavy (non-hydrogen) atoms. The summed E-state index contributed by atoms with van der Waals surface area (Å²) in [4.78, 5) is 23.2. The molecule has 0 aromatic heterocycles. The molecule has 100 valence electrons. The SMILES string of the molecule is CC(CC1CC1)NC(=O)C1CC=CCC1C(=O)O. The van der Waals surface area contributed by atoms with Gasteiger partial charge in [0.15, 0.2) is 0 Å². The second-order valence-corrected chi connectivity index (χ2v) is 5.58. The summed E-state index contributed by atoms with van der Waals surface area (Å²) in [5.41, 5.74) is 0. The van der Waals surface area contributed by atoms with Gasteiger partial charge in [-0.05, 0) is 32.1 Å². The summed E-state index contributed by atoms with van der Waals surface area (Å²) < 4.78 is 0. The second kappa shape index (κ2) is 5.55. The molecule has 0 bridgehead atoms. The van der Waals surface area contributed by atoms with Crippen molar-refractivity contribution >= 4 is 11.9 Å². The van der Waals surface area contributed by atoms with Crippen LogP contribution in [-0.2, 0) is 9.59 Å². The Balaban J connectivity index is 1.89. The minimum absolute atomic E-state index is 0.0973. The summed E-state index contributed by atoms with van der Waals surface area (Å²) in [6, 6.07) is 0.158. The van der Waals surface area contributed by atoms with Crippen molar-refractivity contribution in [3.05, 3.63) is 12.2 Å². The molecule has 0 saturated heterocycles. The first-order chi connectivity index (χ1) is 8.58. The van der Waals surface area contributed by atoms with E-state index < -0.39 is 17.8 Å². The minimum Gasteiger partial charge on any atom is -0.481 e. The van der Waals surface area contributed by atoms with Gasteiger partial charge in [-0.15, -0.1) is 0 Å². The number of hydrogen-bond acceptors (Lipinski definition) is 2. The molecule has 4 nitrogen and oxygen atoms in total. The van der Waals surface area contributed by atoms with E-state index in [1.807, 2.05) is 19.1 Å². The maximum Gasteiger partial charge on any atom is 0.307 e. The third-order valence-corrected chi connectivity index (χ3v) is 3.86. The fraction of sp³-hybridized carbons (Fsp3) is 0.714. The standard InChI is InChI=1S/C14H21NO3/c1-9(8-10-6-7-10)15-13(16)11-4-2-3-5-12(11)14(17)18/h2-3,9-12H,4-8H2,1H3,(H,15,16)(H,17,18). The average Bonchev–Trinajstić information content (AvgIpc) is 3.12. The van der Waals surface area contributed by atoms with Crippen molar-refractivity contribution in [3.63, 3.8) is 0 Å². The molecule has 0 spiro atoms. The summed E-state index contributed by atoms with van der Waals surface area (Å²) in [5, 5.41) is 12.1. The lowest BCUT2D eigenvalue weighted by molar-refractivity contribution is -0.147. The smallest absolute Gasteiger partial charge is 0.307 e. The largest absolute Gasteiger partial charge is 0.481 e. The molecule has 0 aliphatic heterocycles. The Hall–Kier alpha value is -1.32. The van der Waals surface area contributed by atoms with Gasteiger partial charge in [0.1, 0.15) is 0 Å². The zero-order valence-electron chi connectivity index (χ0n) is 10.8. The van der Waals surface area contributed by atoms with E-state index in [9.17, 15) is 9.59 Å². The summed E-state index contributed by atoms with van der Waals surface area (Å²) in [5.74, 6) is -1.17. The molecule has 1 amide bonds. The van der Waals surface area contributed by atoms with Crippen molar-refractivity contribution in [1.82, 2.24) is 5.32 Å². The summed E-state index contributed by atoms with van der Waals surface area (Å²) in [7, 11) is 0. The molecular formula is C14H21NO3. The van der Waals surface area contributed by atoms with Crippen molar-refractivity contribution in [2.75, 3.05) is 0 Å². The first-order valence-corrected chi connectivity index (χ1v) is 6.76. The highest BCUT2D eigenvalue weighted by atomic mass is 16.4. The van der Waals surface area contributed by atoms with Crippen molar-refractivity contribution < 1.29 is 14.7 Å². The molecule has 2 aliphatic rings. The summed E-state index contributed by atoms with van der Waals surface area (Å²) in [6.45, 7) is 2.00. The maximum atomic E-state index is 12.1. The fourth-order valence-corrected chi connectivity index (χ4v) is 2.64. The van der Waals surface area contributed by atoms with Crippen LogP contribution < -0.4 is 5.32 Å². The van der Waals surface area contributed by atoms with Gasteiger partial charge in [0.25, 0.3) is 0 Å². The van der Waals surface area contributed by atoms with Crippen LogP contribution in [0.1, 0.15) is 39.0 Å². The molecule has 2 aliphatic carbocycles. The van der Waals surface area contributed by atoms with Crippen molar-refractivity contribution in [1.29, 1.82) is 0 Å². The van der Waals surface area contributed by atoms with Gasteiger partial charge in [0.2, 0.25) is 5.91 Å². The van der Waals surface area contributed by atoms with Gasteiger partial charge >= 0.3 is 5.97 Å². The Bertz CT molecular complexity index is 360. The van der Waals surface area contributed by atoms with Gasteiger partial charge < -0.3 is 10.4 Å². The zero-order chi connectivity index (χ0) is 13.1. The molecule has 0 aromatic rings. The molecule has 1 fully saturated rings. The molecule has 0 aromatic carbocycles. The van der Waals surface area contributed by atoms with Gasteiger partial charge in [0, 0.05) is 6.04 Å². The second-order valence-electron chi connectivity index (χ2n) is 5.58. The van der Waals surface area contributed by atoms with Crippen LogP contribution in [0.3, 0.4) is 0 Å². The monoisotopic (exact) mass is 251 g/mol. The first kappa shape index (κ1) is 13.1. The van der Waals surface area contributed by atoms with Crippen LogP contribution in [0, 0.1) is 17.8 Å². The number of hydrogen-bond donors (Lipinski definition) is 2. The quantitative estimate of drug-likeness (QED) is 0.734. The van der Waals surface area contributed by atoms with Crippen LogP contribution in [0.2, 0.25) is 0 Å². The third-order valence-electron chi connectivity index (χ3n) is 3.86. The maximum absolute atomic E-state index is 12.1. The lowest BCUT2D eigenvalue weighted by Gasteiger charge is -2.26. The van der Waals surface area contributed by atoms with E-state index in [1.165, 1.54) is 12.8 Å². The van der Waals surface area contributed by atoms with Crippen molar-refractivity contribution in [3.8, 4) is 0 Å². The molecule has 0 radical (unpaired) electrons. The lowest BCUT2D eigenvalue weighted by Crippen LogP contribution is -2.42. The molecule has 2 N–H and O–H groups in total. The number of aliphatic carboxylic acids is 1. The Morgan fingerprint density at radius 3 is 2.44 bits per heavy atom. The Labute approximate surface area is 107 Å². The molecule has 3 unspecified atom stereocenters. The van der Waals surface area contributed by atoms with Crippen LogP contribution in [0.5, 0.6) is 0 Å². The molecule has 0 heterocycles. The highest BCUT2D eigenvalue weighted by Crippen LogP contribution is 2.33. The molecule has 1 saturated carbocycles. The van der Waals surface area contributed by atoms with Gasteiger partial charge in [-0.2, -0.15) is 0 Å². The van der Waals surface area contributed by atoms with Crippen LogP contribution in [0.25, 0.3) is 0 Å². The van der Waals surface area contributed by atoms with E-state index in [4.69, 9.17) is 5.11 Å². The number of carboxylic acids is 1. The van der Waals surface area contributed by atoms with Gasteiger partial charge in [-0.1, -0.05) is 25.0 Å². The van der Waals surface area contributed by atoms with Crippen LogP contribution >= 0.6 is 0 Å². The van der Waals surface area contributed by atoms with Crippen LogP contribution in [-0.4, -0.2) is 23.0 Å². The topological polar surface area (TPSA) is 66.4 Å². The number of nitrogens with one attached hydrogen (secondary N) is 1. The van der Waals surface area contributed by atoms with Crippen molar-refractivity contribution in [2.45, 2.75) is 45.1 Å². The Morgan fingerprint density at radius 2 is 1.89 bits per heavy atom. The first-order valence-electron chi connectivity index (χ1n) is 6.76. The van der Waals surface area contributed by atoms with E-state index in [-0.39, 0.29) is 11.9 Å².